The molecular formula is C16H32IN3. The molecule has 0 aromatic rings. The van der Waals surface area contributed by atoms with Crippen LogP contribution in [-0.4, -0.2) is 37.5 Å². The smallest absolute Gasteiger partial charge is 0.193 e. The molecule has 2 aliphatic rings. The molecule has 1 heterocycles. The maximum Gasteiger partial charge on any atom is 0.193 e. The summed E-state index contributed by atoms with van der Waals surface area (Å²) in [5, 5.41) is 3.55. The Balaban J connectivity index is 0.00000200. The second-order valence-electron chi connectivity index (χ2n) is 6.89. The summed E-state index contributed by atoms with van der Waals surface area (Å²) in [5.74, 6) is 1.94. The van der Waals surface area contributed by atoms with Gasteiger partial charge >= 0.3 is 0 Å². The van der Waals surface area contributed by atoms with Gasteiger partial charge in [-0.25, -0.2) is 0 Å². The number of hydrogen-bond donors (Lipinski definition) is 1. The summed E-state index contributed by atoms with van der Waals surface area (Å²) in [6.07, 6.45) is 9.67. The average molecular weight is 393 g/mol. The summed E-state index contributed by atoms with van der Waals surface area (Å²) >= 11 is 0. The molecule has 0 radical (unpaired) electrons. The van der Waals surface area contributed by atoms with Gasteiger partial charge in [0.1, 0.15) is 0 Å². The number of rotatable bonds is 4. The van der Waals surface area contributed by atoms with E-state index in [1.165, 1.54) is 58.0 Å². The lowest BCUT2D eigenvalue weighted by Gasteiger charge is -2.26. The summed E-state index contributed by atoms with van der Waals surface area (Å²) in [6, 6.07) is 0. The van der Waals surface area contributed by atoms with Gasteiger partial charge < -0.3 is 10.2 Å². The minimum absolute atomic E-state index is 0. The van der Waals surface area contributed by atoms with Crippen molar-refractivity contribution in [2.24, 2.45) is 16.3 Å². The lowest BCUT2D eigenvalue weighted by molar-refractivity contribution is 0.309. The molecular weight excluding hydrogens is 361 g/mol. The van der Waals surface area contributed by atoms with Crippen molar-refractivity contribution in [1.29, 1.82) is 0 Å². The minimum atomic E-state index is 0. The maximum atomic E-state index is 4.47. The molecule has 0 amide bonds. The standard InChI is InChI=1S/C16H31N3.HI/c1-14(2)7-6-11-18-15(17-3)19-12-10-16(13-19)8-4-5-9-16;/h14H,4-13H2,1-3H3,(H,17,18);1H. The molecule has 118 valence electrons. The number of likely N-dealkylation sites (tertiary alicyclic amines) is 1. The number of nitrogens with zero attached hydrogens (tertiary/aromatic N) is 2. The third-order valence-electron chi connectivity index (χ3n) is 4.86. The number of hydrogen-bond acceptors (Lipinski definition) is 1. The highest BCUT2D eigenvalue weighted by Gasteiger charge is 2.40. The van der Waals surface area contributed by atoms with Crippen LogP contribution in [-0.2, 0) is 0 Å². The molecule has 0 bridgehead atoms. The van der Waals surface area contributed by atoms with Gasteiger partial charge in [-0.3, -0.25) is 4.99 Å². The second kappa shape index (κ2) is 8.44. The van der Waals surface area contributed by atoms with Gasteiger partial charge in [0.15, 0.2) is 5.96 Å². The first-order chi connectivity index (χ1) is 9.15. The fraction of sp³-hybridized carbons (Fsp3) is 0.938. The Morgan fingerprint density at radius 3 is 2.55 bits per heavy atom. The van der Waals surface area contributed by atoms with Crippen LogP contribution in [0.15, 0.2) is 4.99 Å². The zero-order valence-electron chi connectivity index (χ0n) is 13.5. The lowest BCUT2D eigenvalue weighted by atomic mass is 9.86. The molecule has 3 nitrogen and oxygen atoms in total. The second-order valence-corrected chi connectivity index (χ2v) is 6.89. The van der Waals surface area contributed by atoms with E-state index in [0.717, 1.165) is 18.4 Å². The van der Waals surface area contributed by atoms with Crippen LogP contribution < -0.4 is 5.32 Å². The van der Waals surface area contributed by atoms with Crippen LogP contribution in [0.3, 0.4) is 0 Å². The normalized spacial score (nSPS) is 21.6. The molecule has 1 N–H and O–H groups in total. The third-order valence-corrected chi connectivity index (χ3v) is 4.86. The highest BCUT2D eigenvalue weighted by Crippen LogP contribution is 2.45. The van der Waals surface area contributed by atoms with Crippen molar-refractivity contribution in [2.75, 3.05) is 26.7 Å². The van der Waals surface area contributed by atoms with Crippen molar-refractivity contribution < 1.29 is 0 Å². The topological polar surface area (TPSA) is 27.6 Å². The van der Waals surface area contributed by atoms with E-state index in [1.807, 2.05) is 7.05 Å². The van der Waals surface area contributed by atoms with Gasteiger partial charge in [0.05, 0.1) is 0 Å². The summed E-state index contributed by atoms with van der Waals surface area (Å²) in [7, 11) is 1.92. The van der Waals surface area contributed by atoms with E-state index in [2.05, 4.69) is 29.1 Å². The van der Waals surface area contributed by atoms with Crippen LogP contribution in [0.5, 0.6) is 0 Å². The summed E-state index contributed by atoms with van der Waals surface area (Å²) < 4.78 is 0. The van der Waals surface area contributed by atoms with Crippen LogP contribution in [0.4, 0.5) is 0 Å². The van der Waals surface area contributed by atoms with E-state index in [4.69, 9.17) is 0 Å². The van der Waals surface area contributed by atoms with Gasteiger partial charge in [-0.05, 0) is 43.4 Å². The molecule has 4 heteroatoms. The highest BCUT2D eigenvalue weighted by molar-refractivity contribution is 14.0. The Bertz CT molecular complexity index is 309. The van der Waals surface area contributed by atoms with Crippen LogP contribution in [0.1, 0.15) is 58.8 Å². The molecule has 2 fully saturated rings. The first-order valence-corrected chi connectivity index (χ1v) is 8.11. The third kappa shape index (κ3) is 4.78. The molecule has 0 aromatic heterocycles. The maximum absolute atomic E-state index is 4.47. The molecule has 20 heavy (non-hydrogen) atoms. The molecule has 1 saturated heterocycles. The molecule has 1 aliphatic heterocycles. The molecule has 0 unspecified atom stereocenters. The van der Waals surface area contributed by atoms with Crippen molar-refractivity contribution in [1.82, 2.24) is 10.2 Å². The van der Waals surface area contributed by atoms with E-state index < -0.39 is 0 Å². The van der Waals surface area contributed by atoms with E-state index in [-0.39, 0.29) is 24.0 Å². The largest absolute Gasteiger partial charge is 0.356 e. The Labute approximate surface area is 142 Å². The van der Waals surface area contributed by atoms with Gasteiger partial charge in [-0.15, -0.1) is 24.0 Å². The van der Waals surface area contributed by atoms with Crippen molar-refractivity contribution in [3.8, 4) is 0 Å². The predicted octanol–water partition coefficient (Wildman–Crippen LogP) is 3.88. The first-order valence-electron chi connectivity index (χ1n) is 8.11. The zero-order valence-corrected chi connectivity index (χ0v) is 15.8. The van der Waals surface area contributed by atoms with Crippen LogP contribution in [0.2, 0.25) is 0 Å². The Hall–Kier alpha value is 0. The molecule has 2 rings (SSSR count). The average Bonchev–Trinajstić information content (AvgIpc) is 3.00. The predicted molar refractivity (Wildman–Crippen MR) is 97.9 cm³/mol. The number of halogens is 1. The van der Waals surface area contributed by atoms with Crippen LogP contribution in [0, 0.1) is 11.3 Å². The van der Waals surface area contributed by atoms with E-state index in [9.17, 15) is 0 Å². The highest BCUT2D eigenvalue weighted by atomic mass is 127. The van der Waals surface area contributed by atoms with E-state index in [0.29, 0.717) is 5.41 Å². The van der Waals surface area contributed by atoms with Gasteiger partial charge in [0.25, 0.3) is 0 Å². The molecule has 0 aromatic carbocycles. The number of nitrogens with one attached hydrogen (secondary N) is 1. The quantitative estimate of drug-likeness (QED) is 0.340. The van der Waals surface area contributed by atoms with E-state index >= 15 is 0 Å². The van der Waals surface area contributed by atoms with Crippen molar-refractivity contribution >= 4 is 29.9 Å². The van der Waals surface area contributed by atoms with Gasteiger partial charge in [-0.2, -0.15) is 0 Å². The van der Waals surface area contributed by atoms with Crippen LogP contribution >= 0.6 is 24.0 Å². The Morgan fingerprint density at radius 2 is 1.95 bits per heavy atom. The van der Waals surface area contributed by atoms with Gasteiger partial charge in [0.2, 0.25) is 0 Å². The summed E-state index contributed by atoms with van der Waals surface area (Å²) in [6.45, 7) is 8.08. The minimum Gasteiger partial charge on any atom is -0.356 e. The molecule has 1 spiro atoms. The molecule has 1 saturated carbocycles. The Morgan fingerprint density at radius 1 is 1.25 bits per heavy atom. The molecule has 0 atom stereocenters. The summed E-state index contributed by atoms with van der Waals surface area (Å²) in [5.41, 5.74) is 0.634. The van der Waals surface area contributed by atoms with Crippen molar-refractivity contribution in [3.05, 3.63) is 0 Å². The number of aliphatic imine (C=N–C) groups is 1. The van der Waals surface area contributed by atoms with Crippen molar-refractivity contribution in [2.45, 2.75) is 58.8 Å². The van der Waals surface area contributed by atoms with Gasteiger partial charge in [0, 0.05) is 26.7 Å². The SMILES string of the molecule is CN=C(NCCCC(C)C)N1CCC2(CCCC2)C1.I. The van der Waals surface area contributed by atoms with Crippen molar-refractivity contribution in [3.63, 3.8) is 0 Å². The van der Waals surface area contributed by atoms with Gasteiger partial charge in [-0.1, -0.05) is 26.7 Å². The zero-order chi connectivity index (χ0) is 13.7. The summed E-state index contributed by atoms with van der Waals surface area (Å²) in [4.78, 5) is 6.96. The van der Waals surface area contributed by atoms with E-state index in [1.54, 1.807) is 0 Å². The first kappa shape index (κ1) is 18.1. The number of guanidine groups is 1. The fourth-order valence-electron chi connectivity index (χ4n) is 3.69. The lowest BCUT2D eigenvalue weighted by Crippen LogP contribution is -2.41. The monoisotopic (exact) mass is 393 g/mol. The Kier molecular flexibility index (Phi) is 7.62. The molecule has 1 aliphatic carbocycles. The fourth-order valence-corrected chi connectivity index (χ4v) is 3.69. The van der Waals surface area contributed by atoms with Crippen LogP contribution in [0.25, 0.3) is 0 Å².